The molecule has 41 heavy (non-hydrogen) atoms. The van der Waals surface area contributed by atoms with Crippen molar-refractivity contribution in [1.29, 1.82) is 0 Å². The number of pyridine rings is 1. The summed E-state index contributed by atoms with van der Waals surface area (Å²) in [7, 11) is 0. The second-order valence-corrected chi connectivity index (χ2v) is 10.1. The van der Waals surface area contributed by atoms with E-state index in [0.717, 1.165) is 40.7 Å². The number of carbonyl (C=O) groups is 1. The van der Waals surface area contributed by atoms with Crippen molar-refractivity contribution in [3.63, 3.8) is 0 Å². The fourth-order valence-electron chi connectivity index (χ4n) is 3.83. The Bertz CT molecular complexity index is 1400. The average molecular weight is 587 g/mol. The first kappa shape index (κ1) is 30.2. The van der Waals surface area contributed by atoms with Gasteiger partial charge in [-0.25, -0.2) is 9.78 Å². The maximum atomic E-state index is 12.9. The molecule has 11 heteroatoms. The minimum atomic E-state index is -4.48. The van der Waals surface area contributed by atoms with Crippen LogP contribution in [0.25, 0.3) is 0 Å². The van der Waals surface area contributed by atoms with Crippen molar-refractivity contribution in [2.45, 2.75) is 29.8 Å². The van der Waals surface area contributed by atoms with Gasteiger partial charge in [-0.3, -0.25) is 4.90 Å². The lowest BCUT2D eigenvalue weighted by molar-refractivity contribution is -0.145. The lowest BCUT2D eigenvalue weighted by Gasteiger charge is -2.24. The van der Waals surface area contributed by atoms with E-state index in [0.29, 0.717) is 36.8 Å². The summed E-state index contributed by atoms with van der Waals surface area (Å²) in [6.07, 6.45) is -3.74. The molecule has 0 aliphatic carbocycles. The van der Waals surface area contributed by atoms with Crippen molar-refractivity contribution in [1.82, 2.24) is 9.88 Å². The Labute approximate surface area is 240 Å². The summed E-state index contributed by atoms with van der Waals surface area (Å²) in [6, 6.07) is 13.1. The first-order valence-electron chi connectivity index (χ1n) is 12.9. The Morgan fingerprint density at radius 3 is 2.59 bits per heavy atom. The third-order valence-corrected chi connectivity index (χ3v) is 6.80. The summed E-state index contributed by atoms with van der Waals surface area (Å²) in [5.74, 6) is 6.92. The smallest absolute Gasteiger partial charge is 0.417 e. The number of benzene rings is 2. The quantitative estimate of drug-likeness (QED) is 0.224. The molecule has 0 atom stereocenters. The Morgan fingerprint density at radius 2 is 1.90 bits per heavy atom. The third kappa shape index (κ3) is 9.42. The number of aromatic nitrogens is 1. The monoisotopic (exact) mass is 586 g/mol. The van der Waals surface area contributed by atoms with Gasteiger partial charge in [-0.1, -0.05) is 23.6 Å². The van der Waals surface area contributed by atoms with E-state index in [1.165, 1.54) is 17.8 Å². The maximum absolute atomic E-state index is 12.9. The van der Waals surface area contributed by atoms with Crippen LogP contribution < -0.4 is 9.47 Å². The third-order valence-electron chi connectivity index (χ3n) is 5.84. The Kier molecular flexibility index (Phi) is 10.5. The molecule has 2 aromatic carbocycles. The molecule has 1 aromatic heterocycles. The molecule has 1 saturated heterocycles. The van der Waals surface area contributed by atoms with Crippen molar-refractivity contribution in [2.75, 3.05) is 46.1 Å². The van der Waals surface area contributed by atoms with Gasteiger partial charge in [-0.05, 0) is 61.9 Å². The highest BCUT2D eigenvalue weighted by atomic mass is 32.2. The van der Waals surface area contributed by atoms with Crippen LogP contribution in [0, 0.1) is 18.8 Å². The van der Waals surface area contributed by atoms with Crippen LogP contribution in [0.4, 0.5) is 13.2 Å². The minimum Gasteiger partial charge on any atom is -0.482 e. The zero-order valence-corrected chi connectivity index (χ0v) is 23.4. The van der Waals surface area contributed by atoms with Gasteiger partial charge in [0.15, 0.2) is 6.61 Å². The van der Waals surface area contributed by atoms with E-state index in [2.05, 4.69) is 21.7 Å². The van der Waals surface area contributed by atoms with Crippen molar-refractivity contribution in [3.8, 4) is 29.2 Å². The number of ether oxygens (including phenoxy) is 4. The molecule has 3 aromatic rings. The number of aryl methyl sites for hydroxylation is 1. The zero-order chi connectivity index (χ0) is 29.2. The Balaban J connectivity index is 1.53. The van der Waals surface area contributed by atoms with E-state index in [4.69, 9.17) is 18.9 Å². The summed E-state index contributed by atoms with van der Waals surface area (Å²) in [6.45, 7) is 7.30. The predicted molar refractivity (Wildman–Crippen MR) is 147 cm³/mol. The van der Waals surface area contributed by atoms with Crippen LogP contribution >= 0.6 is 11.8 Å². The van der Waals surface area contributed by atoms with Crippen molar-refractivity contribution < 1.29 is 36.9 Å². The van der Waals surface area contributed by atoms with Crippen LogP contribution in [-0.2, 0) is 20.4 Å². The summed E-state index contributed by atoms with van der Waals surface area (Å²) in [5.41, 5.74) is 0.677. The van der Waals surface area contributed by atoms with E-state index >= 15 is 0 Å². The van der Waals surface area contributed by atoms with Gasteiger partial charge < -0.3 is 18.9 Å². The molecule has 7 nitrogen and oxygen atoms in total. The second kappa shape index (κ2) is 14.3. The molecular formula is C30H29F3N2O5S. The van der Waals surface area contributed by atoms with Crippen LogP contribution in [0.5, 0.6) is 17.4 Å². The standard InChI is InChI=1S/C30H29F3N2O5S/c1-3-38-29(36)20-39-27-8-7-25(15-21(27)2)41-26-17-22(5-4-10-35-11-13-37-14-12-35)16-24(18-26)40-28-9-6-23(19-34-28)30(31,32)33/h6-9,15-19H,3,10-14,20H2,1-2H3. The van der Waals surface area contributed by atoms with Gasteiger partial charge >= 0.3 is 12.1 Å². The van der Waals surface area contributed by atoms with Crippen LogP contribution in [0.1, 0.15) is 23.6 Å². The summed E-state index contributed by atoms with van der Waals surface area (Å²) >= 11 is 1.46. The van der Waals surface area contributed by atoms with Gasteiger partial charge in [0.1, 0.15) is 11.5 Å². The molecule has 1 aliphatic heterocycles. The maximum Gasteiger partial charge on any atom is 0.417 e. The topological polar surface area (TPSA) is 70.1 Å². The number of rotatable bonds is 9. The van der Waals surface area contributed by atoms with Gasteiger partial charge in [0, 0.05) is 40.7 Å². The zero-order valence-electron chi connectivity index (χ0n) is 22.6. The fourth-order valence-corrected chi connectivity index (χ4v) is 4.83. The van der Waals surface area contributed by atoms with Crippen molar-refractivity contribution in [3.05, 3.63) is 71.4 Å². The molecule has 216 valence electrons. The van der Waals surface area contributed by atoms with Gasteiger partial charge in [0.2, 0.25) is 5.88 Å². The average Bonchev–Trinajstić information content (AvgIpc) is 2.93. The van der Waals surface area contributed by atoms with Crippen LogP contribution in [0.15, 0.2) is 64.5 Å². The lowest BCUT2D eigenvalue weighted by Crippen LogP contribution is -2.36. The summed E-state index contributed by atoms with van der Waals surface area (Å²) in [5, 5.41) is 0. The molecule has 0 radical (unpaired) electrons. The first-order chi connectivity index (χ1) is 19.7. The molecule has 0 amide bonds. The molecule has 1 aliphatic rings. The Hall–Kier alpha value is -3.72. The molecule has 4 rings (SSSR count). The normalized spacial score (nSPS) is 13.7. The van der Waals surface area contributed by atoms with Gasteiger partial charge in [0.25, 0.3) is 0 Å². The minimum absolute atomic E-state index is 0.0336. The van der Waals surface area contributed by atoms with Gasteiger partial charge in [0.05, 0.1) is 31.9 Å². The molecule has 1 fully saturated rings. The molecule has 0 unspecified atom stereocenters. The highest BCUT2D eigenvalue weighted by molar-refractivity contribution is 7.99. The number of alkyl halides is 3. The number of esters is 1. The first-order valence-corrected chi connectivity index (χ1v) is 13.7. The SMILES string of the molecule is CCOC(=O)COc1ccc(Sc2cc(C#CCN3CCOCC3)cc(Oc3ccc(C(F)(F)F)cn3)c2)cc1C. The number of hydrogen-bond donors (Lipinski definition) is 0. The second-order valence-electron chi connectivity index (χ2n) is 8.99. The van der Waals surface area contributed by atoms with Crippen LogP contribution in [0.2, 0.25) is 0 Å². The van der Waals surface area contributed by atoms with Gasteiger partial charge in [-0.15, -0.1) is 0 Å². The number of halogens is 3. The highest BCUT2D eigenvalue weighted by Crippen LogP contribution is 2.35. The molecule has 0 saturated carbocycles. The highest BCUT2D eigenvalue weighted by Gasteiger charge is 2.30. The van der Waals surface area contributed by atoms with Crippen molar-refractivity contribution in [2.24, 2.45) is 0 Å². The molecular weight excluding hydrogens is 557 g/mol. The van der Waals surface area contributed by atoms with Crippen molar-refractivity contribution >= 4 is 17.7 Å². The largest absolute Gasteiger partial charge is 0.482 e. The van der Waals surface area contributed by atoms with Crippen LogP contribution in [0.3, 0.4) is 0 Å². The van der Waals surface area contributed by atoms with E-state index in [1.54, 1.807) is 25.1 Å². The number of carbonyl (C=O) groups excluding carboxylic acids is 1. The Morgan fingerprint density at radius 1 is 1.10 bits per heavy atom. The summed E-state index contributed by atoms with van der Waals surface area (Å²) in [4.78, 5) is 19.4. The number of nitrogens with zero attached hydrogens (tertiary/aromatic N) is 2. The fraction of sp³-hybridized carbons (Fsp3) is 0.333. The lowest BCUT2D eigenvalue weighted by atomic mass is 10.2. The van der Waals surface area contributed by atoms with Crippen LogP contribution in [-0.4, -0.2) is 61.9 Å². The van der Waals surface area contributed by atoms with E-state index < -0.39 is 17.7 Å². The van der Waals surface area contributed by atoms with E-state index in [9.17, 15) is 18.0 Å². The van der Waals surface area contributed by atoms with E-state index in [1.807, 2.05) is 25.1 Å². The molecule has 2 heterocycles. The predicted octanol–water partition coefficient (Wildman–Crippen LogP) is 5.98. The summed E-state index contributed by atoms with van der Waals surface area (Å²) < 4.78 is 60.5. The van der Waals surface area contributed by atoms with E-state index in [-0.39, 0.29) is 19.1 Å². The number of morpholine rings is 1. The van der Waals surface area contributed by atoms with Gasteiger partial charge in [-0.2, -0.15) is 13.2 Å². The molecule has 0 spiro atoms. The molecule has 0 N–H and O–H groups in total. The number of hydrogen-bond acceptors (Lipinski definition) is 8. The molecule has 0 bridgehead atoms.